The van der Waals surface area contributed by atoms with Crippen LogP contribution in [0.25, 0.3) is 0 Å². The minimum absolute atomic E-state index is 0.0970. The molecule has 1 N–H and O–H groups in total. The number of ether oxygens (including phenoxy) is 1. The van der Waals surface area contributed by atoms with Gasteiger partial charge in [-0.1, -0.05) is 18.5 Å². The van der Waals surface area contributed by atoms with Crippen molar-refractivity contribution in [2.24, 2.45) is 5.92 Å². The summed E-state index contributed by atoms with van der Waals surface area (Å²) in [5.74, 6) is -1.05. The number of benzene rings is 2. The summed E-state index contributed by atoms with van der Waals surface area (Å²) in [6.07, 6.45) is 0. The predicted octanol–water partition coefficient (Wildman–Crippen LogP) is 2.46. The van der Waals surface area contributed by atoms with Crippen LogP contribution in [0.2, 0.25) is 5.02 Å². The van der Waals surface area contributed by atoms with E-state index < -0.39 is 31.9 Å². The Kier molecular flexibility index (Phi) is 5.30. The van der Waals surface area contributed by atoms with Crippen LogP contribution in [0.15, 0.2) is 47.4 Å². The van der Waals surface area contributed by atoms with E-state index in [-0.39, 0.29) is 27.0 Å². The number of halogens is 1. The van der Waals surface area contributed by atoms with Gasteiger partial charge < -0.3 is 4.74 Å². The van der Waals surface area contributed by atoms with Gasteiger partial charge in [0.25, 0.3) is 10.0 Å². The number of nitrogens with zero attached hydrogens (tertiary/aromatic N) is 1. The van der Waals surface area contributed by atoms with Crippen LogP contribution in [0.4, 0.5) is 11.4 Å². The Morgan fingerprint density at radius 1 is 1.18 bits per heavy atom. The van der Waals surface area contributed by atoms with E-state index in [9.17, 15) is 21.6 Å². The van der Waals surface area contributed by atoms with Crippen LogP contribution in [0, 0.1) is 5.92 Å². The number of carbonyl (C=O) groups excluding carboxylic acids is 1. The van der Waals surface area contributed by atoms with Crippen molar-refractivity contribution in [3.8, 4) is 5.75 Å². The molecular formula is C17H17ClN2O6S2. The zero-order valence-electron chi connectivity index (χ0n) is 14.9. The predicted molar refractivity (Wildman–Crippen MR) is 106 cm³/mol. The number of hydrogen-bond acceptors (Lipinski definition) is 6. The SMILES string of the molecule is COc1ccc(NS(=O)(=O)c2ccc(N3C(=O)[C@H](C)CS3(=O)=O)cc2)cc1Cl. The highest BCUT2D eigenvalue weighted by Crippen LogP contribution is 2.30. The molecule has 8 nitrogen and oxygen atoms in total. The second-order valence-corrected chi connectivity index (χ2v) is 10.2. The topological polar surface area (TPSA) is 110 Å². The monoisotopic (exact) mass is 444 g/mol. The summed E-state index contributed by atoms with van der Waals surface area (Å²) >= 11 is 6.00. The maximum atomic E-state index is 12.6. The number of rotatable bonds is 5. The number of anilines is 2. The molecule has 0 spiro atoms. The molecule has 1 saturated heterocycles. The fourth-order valence-corrected chi connectivity index (χ4v) is 5.92. The van der Waals surface area contributed by atoms with Crippen molar-refractivity contribution in [2.75, 3.05) is 21.9 Å². The second kappa shape index (κ2) is 7.26. The third-order valence-electron chi connectivity index (χ3n) is 4.15. The van der Waals surface area contributed by atoms with Crippen molar-refractivity contribution in [1.82, 2.24) is 0 Å². The van der Waals surface area contributed by atoms with Crippen LogP contribution in [0.5, 0.6) is 5.75 Å². The van der Waals surface area contributed by atoms with E-state index in [0.717, 1.165) is 0 Å². The van der Waals surface area contributed by atoms with Crippen LogP contribution in [0.1, 0.15) is 6.92 Å². The molecule has 1 aliphatic heterocycles. The van der Waals surface area contributed by atoms with Crippen molar-refractivity contribution in [1.29, 1.82) is 0 Å². The molecule has 3 rings (SSSR count). The Morgan fingerprint density at radius 3 is 2.32 bits per heavy atom. The highest BCUT2D eigenvalue weighted by Gasteiger charge is 2.41. The van der Waals surface area contributed by atoms with Gasteiger partial charge in [-0.25, -0.2) is 21.1 Å². The first-order valence-electron chi connectivity index (χ1n) is 8.08. The third kappa shape index (κ3) is 3.80. The van der Waals surface area contributed by atoms with E-state index in [1.54, 1.807) is 0 Å². The van der Waals surface area contributed by atoms with E-state index in [1.165, 1.54) is 56.5 Å². The summed E-state index contributed by atoms with van der Waals surface area (Å²) < 4.78 is 57.5. The summed E-state index contributed by atoms with van der Waals surface area (Å²) in [6, 6.07) is 9.44. The Hall–Kier alpha value is -2.30. The number of carbonyl (C=O) groups is 1. The van der Waals surface area contributed by atoms with Gasteiger partial charge in [0.1, 0.15) is 5.75 Å². The van der Waals surface area contributed by atoms with Crippen LogP contribution in [0.3, 0.4) is 0 Å². The lowest BCUT2D eigenvalue weighted by Crippen LogP contribution is -2.30. The smallest absolute Gasteiger partial charge is 0.261 e. The maximum absolute atomic E-state index is 12.6. The molecule has 2 aromatic rings. The Balaban J connectivity index is 1.86. The van der Waals surface area contributed by atoms with E-state index in [0.29, 0.717) is 10.1 Å². The maximum Gasteiger partial charge on any atom is 0.261 e. The lowest BCUT2D eigenvalue weighted by Gasteiger charge is -2.16. The van der Waals surface area contributed by atoms with Crippen LogP contribution in [-0.4, -0.2) is 35.6 Å². The number of nitrogens with one attached hydrogen (secondary N) is 1. The Morgan fingerprint density at radius 2 is 1.82 bits per heavy atom. The molecule has 0 aliphatic carbocycles. The average molecular weight is 445 g/mol. The van der Waals surface area contributed by atoms with E-state index in [4.69, 9.17) is 16.3 Å². The first-order chi connectivity index (χ1) is 13.0. The number of hydrogen-bond donors (Lipinski definition) is 1. The molecule has 11 heteroatoms. The zero-order valence-corrected chi connectivity index (χ0v) is 17.3. The molecule has 0 unspecified atom stereocenters. The lowest BCUT2D eigenvalue weighted by molar-refractivity contribution is -0.119. The highest BCUT2D eigenvalue weighted by molar-refractivity contribution is 7.94. The summed E-state index contributed by atoms with van der Waals surface area (Å²) in [5.41, 5.74) is 0.335. The summed E-state index contributed by atoms with van der Waals surface area (Å²) in [7, 11) is -6.26. The highest BCUT2D eigenvalue weighted by atomic mass is 35.5. The largest absolute Gasteiger partial charge is 0.495 e. The fraction of sp³-hybridized carbons (Fsp3) is 0.235. The molecule has 2 aromatic carbocycles. The van der Waals surface area contributed by atoms with Gasteiger partial charge in [0.05, 0.1) is 40.1 Å². The van der Waals surface area contributed by atoms with Gasteiger partial charge in [0, 0.05) is 0 Å². The second-order valence-electron chi connectivity index (χ2n) is 6.23. The first kappa shape index (κ1) is 20.4. The van der Waals surface area contributed by atoms with Gasteiger partial charge in [0.15, 0.2) is 0 Å². The van der Waals surface area contributed by atoms with Crippen molar-refractivity contribution < 1.29 is 26.4 Å². The minimum atomic E-state index is -3.95. The summed E-state index contributed by atoms with van der Waals surface area (Å²) in [4.78, 5) is 12.0. The number of amides is 1. The zero-order chi connectivity index (χ0) is 20.7. The molecule has 1 fully saturated rings. The Labute approximate surface area is 168 Å². The fourth-order valence-electron chi connectivity index (χ4n) is 2.79. The van der Waals surface area contributed by atoms with Crippen LogP contribution in [-0.2, 0) is 24.8 Å². The first-order valence-corrected chi connectivity index (χ1v) is 11.6. The molecular weight excluding hydrogens is 428 g/mol. The van der Waals surface area contributed by atoms with E-state index in [1.807, 2.05) is 0 Å². The molecule has 0 aromatic heterocycles. The Bertz CT molecular complexity index is 1130. The molecule has 1 atom stereocenters. The molecule has 1 aliphatic rings. The molecule has 0 saturated carbocycles. The van der Waals surface area contributed by atoms with E-state index >= 15 is 0 Å². The molecule has 28 heavy (non-hydrogen) atoms. The molecule has 1 heterocycles. The van der Waals surface area contributed by atoms with Gasteiger partial charge in [0.2, 0.25) is 15.9 Å². The lowest BCUT2D eigenvalue weighted by atomic mass is 10.2. The van der Waals surface area contributed by atoms with Crippen molar-refractivity contribution in [2.45, 2.75) is 11.8 Å². The van der Waals surface area contributed by atoms with Crippen molar-refractivity contribution in [3.05, 3.63) is 47.5 Å². The van der Waals surface area contributed by atoms with Gasteiger partial charge in [-0.3, -0.25) is 9.52 Å². The van der Waals surface area contributed by atoms with Gasteiger partial charge in [-0.05, 0) is 42.5 Å². The third-order valence-corrected chi connectivity index (χ3v) is 7.71. The summed E-state index contributed by atoms with van der Waals surface area (Å²) in [5, 5.41) is 0.241. The normalized spacial score (nSPS) is 18.9. The van der Waals surface area contributed by atoms with Gasteiger partial charge in [-0.2, -0.15) is 0 Å². The number of methoxy groups -OCH3 is 1. The van der Waals surface area contributed by atoms with Crippen molar-refractivity contribution in [3.63, 3.8) is 0 Å². The minimum Gasteiger partial charge on any atom is -0.495 e. The standard InChI is InChI=1S/C17H17ClN2O6S2/c1-11-10-27(22,23)20(17(11)21)13-4-6-14(7-5-13)28(24,25)19-12-3-8-16(26-2)15(18)9-12/h3-9,11,19H,10H2,1-2H3/t11-/m1/s1. The van der Waals surface area contributed by atoms with Crippen molar-refractivity contribution >= 4 is 48.9 Å². The molecule has 1 amide bonds. The van der Waals surface area contributed by atoms with Gasteiger partial charge in [-0.15, -0.1) is 0 Å². The van der Waals surface area contributed by atoms with Crippen LogP contribution >= 0.6 is 11.6 Å². The number of sulfonamides is 2. The molecule has 150 valence electrons. The molecule has 0 radical (unpaired) electrons. The average Bonchev–Trinajstić information content (AvgIpc) is 2.82. The van der Waals surface area contributed by atoms with Crippen LogP contribution < -0.4 is 13.8 Å². The molecule has 0 bridgehead atoms. The summed E-state index contributed by atoms with van der Waals surface area (Å²) in [6.45, 7) is 1.53. The van der Waals surface area contributed by atoms with Gasteiger partial charge >= 0.3 is 0 Å². The quantitative estimate of drug-likeness (QED) is 0.758. The van der Waals surface area contributed by atoms with E-state index in [2.05, 4.69) is 4.72 Å².